The third kappa shape index (κ3) is 2.82. The van der Waals surface area contributed by atoms with Crippen LogP contribution in [0.2, 0.25) is 0 Å². The summed E-state index contributed by atoms with van der Waals surface area (Å²) in [7, 11) is 0. The van der Waals surface area contributed by atoms with E-state index in [9.17, 15) is 4.79 Å². The van der Waals surface area contributed by atoms with Gasteiger partial charge in [0.1, 0.15) is 0 Å². The SMILES string of the molecule is CCN(C(=O)c1ccc(C)c(N)c1)c1ccc(C)cc1. The van der Waals surface area contributed by atoms with E-state index < -0.39 is 0 Å². The van der Waals surface area contributed by atoms with Gasteiger partial charge in [0, 0.05) is 23.5 Å². The van der Waals surface area contributed by atoms with Crippen molar-refractivity contribution in [3.63, 3.8) is 0 Å². The molecule has 0 aliphatic carbocycles. The third-order valence-corrected chi connectivity index (χ3v) is 3.43. The molecule has 0 unspecified atom stereocenters. The van der Waals surface area contributed by atoms with Crippen molar-refractivity contribution in [3.05, 3.63) is 59.2 Å². The maximum atomic E-state index is 12.6. The highest BCUT2D eigenvalue weighted by Gasteiger charge is 2.16. The van der Waals surface area contributed by atoms with Crippen LogP contribution in [0.4, 0.5) is 11.4 Å². The summed E-state index contributed by atoms with van der Waals surface area (Å²) in [4.78, 5) is 14.3. The van der Waals surface area contributed by atoms with E-state index in [0.29, 0.717) is 17.8 Å². The molecule has 3 nitrogen and oxygen atoms in total. The molecule has 0 aliphatic heterocycles. The van der Waals surface area contributed by atoms with Gasteiger partial charge in [-0.1, -0.05) is 23.8 Å². The van der Waals surface area contributed by atoms with Crippen LogP contribution in [0.25, 0.3) is 0 Å². The van der Waals surface area contributed by atoms with Gasteiger partial charge >= 0.3 is 0 Å². The molecule has 1 amide bonds. The number of nitrogen functional groups attached to an aromatic ring is 1. The smallest absolute Gasteiger partial charge is 0.258 e. The van der Waals surface area contributed by atoms with Crippen LogP contribution < -0.4 is 10.6 Å². The predicted molar refractivity (Wildman–Crippen MR) is 84.1 cm³/mol. The van der Waals surface area contributed by atoms with E-state index in [1.165, 1.54) is 5.56 Å². The Hall–Kier alpha value is -2.29. The van der Waals surface area contributed by atoms with Crippen LogP contribution in [-0.2, 0) is 0 Å². The van der Waals surface area contributed by atoms with Crippen LogP contribution in [0.1, 0.15) is 28.4 Å². The maximum absolute atomic E-state index is 12.6. The van der Waals surface area contributed by atoms with E-state index in [-0.39, 0.29) is 5.91 Å². The molecule has 0 aliphatic rings. The summed E-state index contributed by atoms with van der Waals surface area (Å²) in [5, 5.41) is 0. The second kappa shape index (κ2) is 5.78. The molecule has 0 heterocycles. The van der Waals surface area contributed by atoms with E-state index in [1.54, 1.807) is 11.0 Å². The Balaban J connectivity index is 2.33. The van der Waals surface area contributed by atoms with Gasteiger partial charge in [0.15, 0.2) is 0 Å². The highest BCUT2D eigenvalue weighted by Crippen LogP contribution is 2.20. The third-order valence-electron chi connectivity index (χ3n) is 3.43. The van der Waals surface area contributed by atoms with E-state index in [4.69, 9.17) is 5.73 Å². The molecule has 2 rings (SSSR count). The quantitative estimate of drug-likeness (QED) is 0.865. The van der Waals surface area contributed by atoms with Gasteiger partial charge in [0.2, 0.25) is 0 Å². The summed E-state index contributed by atoms with van der Waals surface area (Å²) in [6.45, 7) is 6.55. The largest absolute Gasteiger partial charge is 0.398 e. The van der Waals surface area contributed by atoms with Gasteiger partial charge in [0.25, 0.3) is 5.91 Å². The first-order valence-electron chi connectivity index (χ1n) is 6.77. The maximum Gasteiger partial charge on any atom is 0.258 e. The summed E-state index contributed by atoms with van der Waals surface area (Å²) in [5.41, 5.74) is 10.2. The molecule has 104 valence electrons. The summed E-state index contributed by atoms with van der Waals surface area (Å²) in [6.07, 6.45) is 0. The number of benzene rings is 2. The molecule has 0 aromatic heterocycles. The molecular formula is C17H20N2O. The molecule has 2 N–H and O–H groups in total. The van der Waals surface area contributed by atoms with Gasteiger partial charge < -0.3 is 10.6 Å². The average Bonchev–Trinajstić information content (AvgIpc) is 2.44. The highest BCUT2D eigenvalue weighted by atomic mass is 16.2. The molecule has 2 aromatic rings. The Bertz CT molecular complexity index is 617. The number of aryl methyl sites for hydroxylation is 2. The van der Waals surface area contributed by atoms with Gasteiger partial charge in [-0.3, -0.25) is 4.79 Å². The summed E-state index contributed by atoms with van der Waals surface area (Å²) in [5.74, 6) is -0.0250. The molecule has 0 saturated heterocycles. The first-order valence-corrected chi connectivity index (χ1v) is 6.77. The Kier molecular flexibility index (Phi) is 4.08. The van der Waals surface area contributed by atoms with Crippen molar-refractivity contribution in [2.75, 3.05) is 17.2 Å². The predicted octanol–water partition coefficient (Wildman–Crippen LogP) is 3.55. The number of carbonyl (C=O) groups is 1. The fourth-order valence-corrected chi connectivity index (χ4v) is 2.10. The molecular weight excluding hydrogens is 248 g/mol. The Morgan fingerprint density at radius 2 is 1.75 bits per heavy atom. The van der Waals surface area contributed by atoms with E-state index >= 15 is 0 Å². The number of hydrogen-bond acceptors (Lipinski definition) is 2. The Morgan fingerprint density at radius 3 is 2.30 bits per heavy atom. The van der Waals surface area contributed by atoms with E-state index in [2.05, 4.69) is 0 Å². The molecule has 0 bridgehead atoms. The summed E-state index contributed by atoms with van der Waals surface area (Å²) >= 11 is 0. The lowest BCUT2D eigenvalue weighted by Crippen LogP contribution is -2.30. The monoisotopic (exact) mass is 268 g/mol. The van der Waals surface area contributed by atoms with Gasteiger partial charge in [-0.05, 0) is 50.6 Å². The molecule has 2 aromatic carbocycles. The van der Waals surface area contributed by atoms with Crippen molar-refractivity contribution in [1.29, 1.82) is 0 Å². The van der Waals surface area contributed by atoms with E-state index in [0.717, 1.165) is 11.3 Å². The van der Waals surface area contributed by atoms with Gasteiger partial charge in [-0.25, -0.2) is 0 Å². The van der Waals surface area contributed by atoms with E-state index in [1.807, 2.05) is 57.2 Å². The van der Waals surface area contributed by atoms with Crippen LogP contribution in [0.15, 0.2) is 42.5 Å². The summed E-state index contributed by atoms with van der Waals surface area (Å²) in [6, 6.07) is 13.4. The average molecular weight is 268 g/mol. The standard InChI is InChI=1S/C17H20N2O/c1-4-19(15-9-5-12(2)6-10-15)17(20)14-8-7-13(3)16(18)11-14/h5-11H,4,18H2,1-3H3. The lowest BCUT2D eigenvalue weighted by atomic mass is 10.1. The minimum atomic E-state index is -0.0250. The van der Waals surface area contributed by atoms with Crippen LogP contribution >= 0.6 is 0 Å². The molecule has 0 radical (unpaired) electrons. The zero-order chi connectivity index (χ0) is 14.7. The Labute approximate surface area is 120 Å². The van der Waals surface area contributed by atoms with Gasteiger partial charge in [-0.2, -0.15) is 0 Å². The molecule has 0 saturated carbocycles. The topological polar surface area (TPSA) is 46.3 Å². The van der Waals surface area contributed by atoms with Gasteiger partial charge in [0.05, 0.1) is 0 Å². The lowest BCUT2D eigenvalue weighted by molar-refractivity contribution is 0.0988. The zero-order valence-corrected chi connectivity index (χ0v) is 12.2. The van der Waals surface area contributed by atoms with Crippen LogP contribution in [-0.4, -0.2) is 12.5 Å². The summed E-state index contributed by atoms with van der Waals surface area (Å²) < 4.78 is 0. The number of nitrogens with two attached hydrogens (primary N) is 1. The van der Waals surface area contributed by atoms with Crippen LogP contribution in [0.5, 0.6) is 0 Å². The van der Waals surface area contributed by atoms with Crippen molar-refractivity contribution in [2.45, 2.75) is 20.8 Å². The second-order valence-electron chi connectivity index (χ2n) is 4.96. The molecule has 0 atom stereocenters. The fourth-order valence-electron chi connectivity index (χ4n) is 2.10. The first kappa shape index (κ1) is 14.1. The molecule has 0 fully saturated rings. The number of nitrogens with zero attached hydrogens (tertiary/aromatic N) is 1. The number of carbonyl (C=O) groups excluding carboxylic acids is 1. The normalized spacial score (nSPS) is 10.3. The minimum Gasteiger partial charge on any atom is -0.398 e. The Morgan fingerprint density at radius 1 is 1.10 bits per heavy atom. The first-order chi connectivity index (χ1) is 9.52. The molecule has 20 heavy (non-hydrogen) atoms. The lowest BCUT2D eigenvalue weighted by Gasteiger charge is -2.21. The highest BCUT2D eigenvalue weighted by molar-refractivity contribution is 6.06. The van der Waals surface area contributed by atoms with Crippen LogP contribution in [0.3, 0.4) is 0 Å². The van der Waals surface area contributed by atoms with Crippen molar-refractivity contribution in [1.82, 2.24) is 0 Å². The number of rotatable bonds is 3. The molecule has 0 spiro atoms. The van der Waals surface area contributed by atoms with Crippen LogP contribution in [0, 0.1) is 13.8 Å². The van der Waals surface area contributed by atoms with Gasteiger partial charge in [-0.15, -0.1) is 0 Å². The van der Waals surface area contributed by atoms with Crippen molar-refractivity contribution in [3.8, 4) is 0 Å². The number of hydrogen-bond donors (Lipinski definition) is 1. The molecule has 3 heteroatoms. The number of anilines is 2. The number of amides is 1. The van der Waals surface area contributed by atoms with Crippen molar-refractivity contribution in [2.24, 2.45) is 0 Å². The minimum absolute atomic E-state index is 0.0250. The fraction of sp³-hybridized carbons (Fsp3) is 0.235. The second-order valence-corrected chi connectivity index (χ2v) is 4.96. The van der Waals surface area contributed by atoms with Crippen molar-refractivity contribution < 1.29 is 4.79 Å². The van der Waals surface area contributed by atoms with Crippen molar-refractivity contribution >= 4 is 17.3 Å². The zero-order valence-electron chi connectivity index (χ0n) is 12.2.